The summed E-state index contributed by atoms with van der Waals surface area (Å²) in [5.41, 5.74) is 5.27. The van der Waals surface area contributed by atoms with Crippen LogP contribution in [0, 0.1) is 0 Å². The van der Waals surface area contributed by atoms with Crippen LogP contribution in [0.5, 0.6) is 5.75 Å². The van der Waals surface area contributed by atoms with Crippen LogP contribution in [0.2, 0.25) is 19.6 Å². The minimum Gasteiger partial charge on any atom is -0.507 e. The Hall–Kier alpha value is -3.37. The molecule has 0 radical (unpaired) electrons. The SMILES string of the molecule is C[Si](C)(C)c1ccc(/C=N/c2cc(-c3ccccc3)c(O)c(-c3ccccc3)c2)[nH]1. The van der Waals surface area contributed by atoms with Gasteiger partial charge in [0.25, 0.3) is 0 Å². The first kappa shape index (κ1) is 19.9. The van der Waals surface area contributed by atoms with E-state index in [4.69, 9.17) is 4.99 Å². The Kier molecular flexibility index (Phi) is 5.42. The molecule has 2 N–H and O–H groups in total. The third-order valence-corrected chi connectivity index (χ3v) is 7.04. The predicted molar refractivity (Wildman–Crippen MR) is 130 cm³/mol. The number of rotatable bonds is 5. The molecule has 0 aliphatic rings. The van der Waals surface area contributed by atoms with E-state index in [0.717, 1.165) is 33.6 Å². The molecule has 0 bridgehead atoms. The van der Waals surface area contributed by atoms with Gasteiger partial charge in [0, 0.05) is 11.1 Å². The summed E-state index contributed by atoms with van der Waals surface area (Å²) in [4.78, 5) is 8.22. The van der Waals surface area contributed by atoms with Crippen molar-refractivity contribution in [1.29, 1.82) is 0 Å². The number of aromatic nitrogens is 1. The van der Waals surface area contributed by atoms with Gasteiger partial charge in [0.15, 0.2) is 0 Å². The highest BCUT2D eigenvalue weighted by Crippen LogP contribution is 2.41. The molecule has 1 heterocycles. The molecule has 0 saturated carbocycles. The first-order valence-electron chi connectivity index (χ1n) is 10.1. The van der Waals surface area contributed by atoms with Gasteiger partial charge in [-0.25, -0.2) is 0 Å². The van der Waals surface area contributed by atoms with E-state index in [2.05, 4.69) is 36.8 Å². The van der Waals surface area contributed by atoms with Gasteiger partial charge in [-0.1, -0.05) is 80.3 Å². The van der Waals surface area contributed by atoms with Gasteiger partial charge in [-0.15, -0.1) is 0 Å². The summed E-state index contributed by atoms with van der Waals surface area (Å²) in [6.45, 7) is 6.95. The Balaban J connectivity index is 1.79. The van der Waals surface area contributed by atoms with Crippen LogP contribution >= 0.6 is 0 Å². The molecule has 1 aromatic heterocycles. The third-order valence-electron chi connectivity index (χ3n) is 5.13. The van der Waals surface area contributed by atoms with E-state index in [1.807, 2.05) is 79.0 Å². The number of aromatic amines is 1. The zero-order valence-electron chi connectivity index (χ0n) is 17.6. The number of phenolic OH excluding ortho intramolecular Hbond substituents is 1. The number of hydrogen-bond acceptors (Lipinski definition) is 2. The number of aromatic hydroxyl groups is 1. The standard InChI is InChI=1S/C26H26N2OSi/c1-30(2,3)25-15-14-21(28-25)18-27-22-16-23(19-10-6-4-7-11-19)26(29)24(17-22)20-12-8-5-9-13-20/h4-18,28-29H,1-3H3/b27-18+. The van der Waals surface area contributed by atoms with Gasteiger partial charge in [0.1, 0.15) is 5.75 Å². The maximum absolute atomic E-state index is 11.0. The summed E-state index contributed by atoms with van der Waals surface area (Å²) in [6.07, 6.45) is 1.86. The summed E-state index contributed by atoms with van der Waals surface area (Å²) < 4.78 is 0. The van der Waals surface area contributed by atoms with Crippen molar-refractivity contribution in [1.82, 2.24) is 4.98 Å². The van der Waals surface area contributed by atoms with E-state index in [1.165, 1.54) is 5.32 Å². The number of H-pyrrole nitrogens is 1. The van der Waals surface area contributed by atoms with Crippen LogP contribution < -0.4 is 5.32 Å². The van der Waals surface area contributed by atoms with E-state index in [0.29, 0.717) is 0 Å². The largest absolute Gasteiger partial charge is 0.507 e. The van der Waals surface area contributed by atoms with Crippen molar-refractivity contribution in [3.05, 3.63) is 90.6 Å². The molecule has 0 aliphatic carbocycles. The average molecular weight is 411 g/mol. The van der Waals surface area contributed by atoms with Crippen molar-refractivity contribution in [2.75, 3.05) is 0 Å². The summed E-state index contributed by atoms with van der Waals surface area (Å²) in [6, 6.07) is 28.0. The van der Waals surface area contributed by atoms with Gasteiger partial charge < -0.3 is 10.1 Å². The molecular weight excluding hydrogens is 384 g/mol. The van der Waals surface area contributed by atoms with Crippen LogP contribution in [-0.2, 0) is 0 Å². The van der Waals surface area contributed by atoms with Crippen molar-refractivity contribution < 1.29 is 5.11 Å². The molecule has 4 heteroatoms. The Morgan fingerprint density at radius 2 is 1.30 bits per heavy atom. The number of aliphatic imine (C=N–C) groups is 1. The van der Waals surface area contributed by atoms with Crippen LogP contribution in [0.3, 0.4) is 0 Å². The highest BCUT2D eigenvalue weighted by atomic mass is 28.3. The Morgan fingerprint density at radius 3 is 1.77 bits per heavy atom. The van der Waals surface area contributed by atoms with Crippen molar-refractivity contribution in [3.63, 3.8) is 0 Å². The van der Waals surface area contributed by atoms with Crippen LogP contribution in [0.4, 0.5) is 5.69 Å². The highest BCUT2D eigenvalue weighted by molar-refractivity contribution is 6.88. The molecule has 3 nitrogen and oxygen atoms in total. The second kappa shape index (κ2) is 8.17. The van der Waals surface area contributed by atoms with Gasteiger partial charge in [-0.2, -0.15) is 0 Å². The van der Waals surface area contributed by atoms with Crippen LogP contribution in [-0.4, -0.2) is 24.4 Å². The molecule has 0 unspecified atom stereocenters. The molecule has 0 amide bonds. The lowest BCUT2D eigenvalue weighted by molar-refractivity contribution is 0.479. The second-order valence-corrected chi connectivity index (χ2v) is 13.5. The van der Waals surface area contributed by atoms with Crippen LogP contribution in [0.25, 0.3) is 22.3 Å². The maximum atomic E-state index is 11.0. The predicted octanol–water partition coefficient (Wildman–Crippen LogP) is 6.35. The summed E-state index contributed by atoms with van der Waals surface area (Å²) in [5, 5.41) is 12.4. The summed E-state index contributed by atoms with van der Waals surface area (Å²) in [5.74, 6) is 0.271. The van der Waals surface area contributed by atoms with Gasteiger partial charge >= 0.3 is 0 Å². The van der Waals surface area contributed by atoms with E-state index in [1.54, 1.807) is 0 Å². The van der Waals surface area contributed by atoms with E-state index in [9.17, 15) is 5.11 Å². The molecule has 0 aliphatic heterocycles. The first-order valence-corrected chi connectivity index (χ1v) is 13.6. The molecule has 0 saturated heterocycles. The van der Waals surface area contributed by atoms with Gasteiger partial charge in [-0.3, -0.25) is 4.99 Å². The minimum atomic E-state index is -1.38. The number of phenols is 1. The average Bonchev–Trinajstić information content (AvgIpc) is 3.24. The summed E-state index contributed by atoms with van der Waals surface area (Å²) in [7, 11) is -1.38. The molecular formula is C26H26N2OSi. The van der Waals surface area contributed by atoms with Gasteiger partial charge in [-0.05, 0) is 40.7 Å². The van der Waals surface area contributed by atoms with Crippen molar-refractivity contribution in [3.8, 4) is 28.0 Å². The molecule has 150 valence electrons. The highest BCUT2D eigenvalue weighted by Gasteiger charge is 2.18. The van der Waals surface area contributed by atoms with Gasteiger partial charge in [0.2, 0.25) is 0 Å². The third kappa shape index (κ3) is 4.29. The number of hydrogen-bond donors (Lipinski definition) is 2. The van der Waals surface area contributed by atoms with Crippen molar-refractivity contribution in [2.24, 2.45) is 4.99 Å². The molecule has 0 spiro atoms. The lowest BCUT2D eigenvalue weighted by Crippen LogP contribution is -2.38. The lowest BCUT2D eigenvalue weighted by Gasteiger charge is -2.13. The maximum Gasteiger partial charge on any atom is 0.131 e. The smallest absolute Gasteiger partial charge is 0.131 e. The number of nitrogens with one attached hydrogen (secondary N) is 1. The second-order valence-electron chi connectivity index (χ2n) is 8.46. The summed E-state index contributed by atoms with van der Waals surface area (Å²) >= 11 is 0. The minimum absolute atomic E-state index is 0.271. The zero-order chi connectivity index (χ0) is 21.1. The fourth-order valence-corrected chi connectivity index (χ4v) is 4.54. The Morgan fingerprint density at radius 1 is 0.767 bits per heavy atom. The molecule has 3 aromatic carbocycles. The molecule has 0 atom stereocenters. The van der Waals surface area contributed by atoms with E-state index >= 15 is 0 Å². The van der Waals surface area contributed by atoms with Crippen LogP contribution in [0.1, 0.15) is 5.69 Å². The number of benzene rings is 3. The van der Waals surface area contributed by atoms with E-state index in [-0.39, 0.29) is 5.75 Å². The quantitative estimate of drug-likeness (QED) is 0.292. The molecule has 30 heavy (non-hydrogen) atoms. The molecule has 4 aromatic rings. The first-order chi connectivity index (χ1) is 14.4. The number of nitrogens with zero attached hydrogens (tertiary/aromatic N) is 1. The van der Waals surface area contributed by atoms with Crippen molar-refractivity contribution >= 4 is 25.3 Å². The monoisotopic (exact) mass is 410 g/mol. The zero-order valence-corrected chi connectivity index (χ0v) is 18.6. The molecule has 0 fully saturated rings. The normalized spacial score (nSPS) is 11.8. The Bertz CT molecular complexity index is 1110. The van der Waals surface area contributed by atoms with Crippen molar-refractivity contribution in [2.45, 2.75) is 19.6 Å². The Labute approximate surface area is 178 Å². The van der Waals surface area contributed by atoms with Crippen LogP contribution in [0.15, 0.2) is 89.9 Å². The fraction of sp³-hybridized carbons (Fsp3) is 0.115. The topological polar surface area (TPSA) is 48.4 Å². The lowest BCUT2D eigenvalue weighted by atomic mass is 9.96. The fourth-order valence-electron chi connectivity index (χ4n) is 3.44. The molecule has 4 rings (SSSR count). The van der Waals surface area contributed by atoms with E-state index < -0.39 is 8.07 Å². The van der Waals surface area contributed by atoms with Gasteiger partial charge in [0.05, 0.1) is 25.7 Å².